The van der Waals surface area contributed by atoms with Crippen molar-refractivity contribution in [2.24, 2.45) is 5.92 Å². The van der Waals surface area contributed by atoms with E-state index >= 15 is 0 Å². The lowest BCUT2D eigenvalue weighted by atomic mass is 9.93. The van der Waals surface area contributed by atoms with Gasteiger partial charge in [-0.25, -0.2) is 0 Å². The van der Waals surface area contributed by atoms with Crippen LogP contribution in [0.25, 0.3) is 0 Å². The highest BCUT2D eigenvalue weighted by atomic mass is 16.3. The van der Waals surface area contributed by atoms with Crippen molar-refractivity contribution in [1.82, 2.24) is 0 Å². The minimum atomic E-state index is -0.593. The number of aliphatic hydroxyl groups excluding tert-OH is 2. The Kier molecular flexibility index (Phi) is 2.66. The average Bonchev–Trinajstić information content (AvgIpc) is 2.65. The van der Waals surface area contributed by atoms with Crippen LogP contribution in [-0.2, 0) is 0 Å². The Labute approximate surface area is 83.5 Å². The molecule has 2 heteroatoms. The molecule has 0 fully saturated rings. The summed E-state index contributed by atoms with van der Waals surface area (Å²) in [4.78, 5) is 0. The van der Waals surface area contributed by atoms with E-state index in [0.29, 0.717) is 6.42 Å². The molecule has 0 unspecified atom stereocenters. The summed E-state index contributed by atoms with van der Waals surface area (Å²) in [6.45, 7) is 0. The number of hydrogen-bond donors (Lipinski definition) is 2. The van der Waals surface area contributed by atoms with Crippen molar-refractivity contribution in [3.05, 3.63) is 48.0 Å². The highest BCUT2D eigenvalue weighted by Gasteiger charge is 2.28. The van der Waals surface area contributed by atoms with Gasteiger partial charge in [0.2, 0.25) is 0 Å². The van der Waals surface area contributed by atoms with Crippen molar-refractivity contribution in [1.29, 1.82) is 0 Å². The van der Waals surface area contributed by atoms with E-state index < -0.39 is 12.2 Å². The standard InChI is InChI=1S/C12H14O2/c13-11-8-4-7-10(11)12(14)9-5-2-1-3-6-9/h1-7,10-14H,8H2/t10-,11+,12+/m1/s1. The van der Waals surface area contributed by atoms with Gasteiger partial charge in [0.15, 0.2) is 0 Å². The maximum absolute atomic E-state index is 9.98. The van der Waals surface area contributed by atoms with Crippen molar-refractivity contribution < 1.29 is 10.2 Å². The van der Waals surface area contributed by atoms with E-state index in [1.165, 1.54) is 0 Å². The molecule has 3 atom stereocenters. The number of aliphatic hydroxyl groups is 2. The predicted octanol–water partition coefficient (Wildman–Crippen LogP) is 1.66. The third-order valence-electron chi connectivity index (χ3n) is 2.69. The number of rotatable bonds is 2. The summed E-state index contributed by atoms with van der Waals surface area (Å²) in [5.41, 5.74) is 0.864. The van der Waals surface area contributed by atoms with Crippen molar-refractivity contribution in [2.45, 2.75) is 18.6 Å². The third kappa shape index (κ3) is 1.72. The highest BCUT2D eigenvalue weighted by Crippen LogP contribution is 2.30. The van der Waals surface area contributed by atoms with Crippen LogP contribution in [0.2, 0.25) is 0 Å². The van der Waals surface area contributed by atoms with E-state index in [1.807, 2.05) is 42.5 Å². The van der Waals surface area contributed by atoms with Crippen molar-refractivity contribution in [2.75, 3.05) is 0 Å². The highest BCUT2D eigenvalue weighted by molar-refractivity contribution is 5.21. The first-order valence-corrected chi connectivity index (χ1v) is 4.87. The molecule has 2 nitrogen and oxygen atoms in total. The van der Waals surface area contributed by atoms with Crippen LogP contribution in [0, 0.1) is 5.92 Å². The van der Waals surface area contributed by atoms with E-state index in [9.17, 15) is 10.2 Å². The first-order chi connectivity index (χ1) is 6.79. The molecule has 0 aliphatic heterocycles. The van der Waals surface area contributed by atoms with Gasteiger partial charge in [-0.15, -0.1) is 0 Å². The first-order valence-electron chi connectivity index (χ1n) is 4.87. The lowest BCUT2D eigenvalue weighted by molar-refractivity contribution is 0.0456. The predicted molar refractivity (Wildman–Crippen MR) is 54.7 cm³/mol. The Morgan fingerprint density at radius 3 is 2.50 bits per heavy atom. The van der Waals surface area contributed by atoms with Crippen LogP contribution >= 0.6 is 0 Å². The second-order valence-electron chi connectivity index (χ2n) is 3.66. The summed E-state index contributed by atoms with van der Waals surface area (Å²) >= 11 is 0. The Morgan fingerprint density at radius 2 is 1.93 bits per heavy atom. The van der Waals surface area contributed by atoms with Crippen molar-refractivity contribution in [3.63, 3.8) is 0 Å². The molecule has 14 heavy (non-hydrogen) atoms. The molecule has 74 valence electrons. The van der Waals surface area contributed by atoms with E-state index in [0.717, 1.165) is 5.56 Å². The number of benzene rings is 1. The normalized spacial score (nSPS) is 27.9. The van der Waals surface area contributed by atoms with Gasteiger partial charge in [-0.05, 0) is 12.0 Å². The van der Waals surface area contributed by atoms with Crippen LogP contribution < -0.4 is 0 Å². The zero-order chi connectivity index (χ0) is 9.97. The van der Waals surface area contributed by atoms with Crippen LogP contribution in [0.4, 0.5) is 0 Å². The Bertz CT molecular complexity index is 318. The molecular formula is C12H14O2. The number of hydrogen-bond acceptors (Lipinski definition) is 2. The van der Waals surface area contributed by atoms with Crippen LogP contribution in [0.3, 0.4) is 0 Å². The molecule has 1 aliphatic carbocycles. The summed E-state index contributed by atoms with van der Waals surface area (Å²) < 4.78 is 0. The SMILES string of the molecule is O[C@H]1CC=C[C@H]1[C@@H](O)c1ccccc1. The molecule has 0 aromatic heterocycles. The van der Waals surface area contributed by atoms with Crippen LogP contribution in [0.1, 0.15) is 18.1 Å². The Morgan fingerprint density at radius 1 is 1.21 bits per heavy atom. The second-order valence-corrected chi connectivity index (χ2v) is 3.66. The molecule has 2 N–H and O–H groups in total. The van der Waals surface area contributed by atoms with E-state index in [2.05, 4.69) is 0 Å². The summed E-state index contributed by atoms with van der Waals surface area (Å²) in [5, 5.41) is 19.6. The van der Waals surface area contributed by atoms with Crippen LogP contribution in [0.15, 0.2) is 42.5 Å². The fourth-order valence-electron chi connectivity index (χ4n) is 1.85. The van der Waals surface area contributed by atoms with Gasteiger partial charge in [0, 0.05) is 5.92 Å². The fourth-order valence-corrected chi connectivity index (χ4v) is 1.85. The van der Waals surface area contributed by atoms with Crippen molar-refractivity contribution >= 4 is 0 Å². The molecule has 1 aromatic carbocycles. The molecular weight excluding hydrogens is 176 g/mol. The molecule has 0 spiro atoms. The molecule has 0 saturated carbocycles. The molecule has 0 amide bonds. The van der Waals surface area contributed by atoms with E-state index in [1.54, 1.807) is 0 Å². The summed E-state index contributed by atoms with van der Waals surface area (Å²) in [6, 6.07) is 9.46. The minimum absolute atomic E-state index is 0.155. The largest absolute Gasteiger partial charge is 0.392 e. The zero-order valence-corrected chi connectivity index (χ0v) is 7.88. The van der Waals surface area contributed by atoms with Gasteiger partial charge in [0.1, 0.15) is 0 Å². The van der Waals surface area contributed by atoms with E-state index in [-0.39, 0.29) is 5.92 Å². The first kappa shape index (κ1) is 9.44. The van der Waals surface area contributed by atoms with Crippen LogP contribution in [0.5, 0.6) is 0 Å². The Balaban J connectivity index is 2.16. The molecule has 2 rings (SSSR count). The monoisotopic (exact) mass is 190 g/mol. The molecule has 1 aromatic rings. The molecule has 0 saturated heterocycles. The topological polar surface area (TPSA) is 40.5 Å². The quantitative estimate of drug-likeness (QED) is 0.696. The summed E-state index contributed by atoms with van der Waals surface area (Å²) in [7, 11) is 0. The van der Waals surface area contributed by atoms with Crippen molar-refractivity contribution in [3.8, 4) is 0 Å². The van der Waals surface area contributed by atoms with Gasteiger partial charge in [0.05, 0.1) is 12.2 Å². The van der Waals surface area contributed by atoms with Gasteiger partial charge in [-0.2, -0.15) is 0 Å². The maximum atomic E-state index is 9.98. The third-order valence-corrected chi connectivity index (χ3v) is 2.69. The fraction of sp³-hybridized carbons (Fsp3) is 0.333. The molecule has 1 aliphatic rings. The maximum Gasteiger partial charge on any atom is 0.0877 e. The smallest absolute Gasteiger partial charge is 0.0877 e. The lowest BCUT2D eigenvalue weighted by Gasteiger charge is -2.20. The molecule has 0 heterocycles. The van der Waals surface area contributed by atoms with Gasteiger partial charge < -0.3 is 10.2 Å². The second kappa shape index (κ2) is 3.95. The molecule has 0 radical (unpaired) electrons. The van der Waals surface area contributed by atoms with Gasteiger partial charge >= 0.3 is 0 Å². The minimum Gasteiger partial charge on any atom is -0.392 e. The summed E-state index contributed by atoms with van der Waals surface area (Å²) in [6.07, 6.45) is 3.42. The summed E-state index contributed by atoms with van der Waals surface area (Å²) in [5.74, 6) is -0.155. The van der Waals surface area contributed by atoms with Gasteiger partial charge in [-0.3, -0.25) is 0 Å². The van der Waals surface area contributed by atoms with Gasteiger partial charge in [-0.1, -0.05) is 42.5 Å². The lowest BCUT2D eigenvalue weighted by Crippen LogP contribution is -2.21. The average molecular weight is 190 g/mol. The van der Waals surface area contributed by atoms with Gasteiger partial charge in [0.25, 0.3) is 0 Å². The molecule has 0 bridgehead atoms. The van der Waals surface area contributed by atoms with Crippen LogP contribution in [-0.4, -0.2) is 16.3 Å². The van der Waals surface area contributed by atoms with E-state index in [4.69, 9.17) is 0 Å². The Hall–Kier alpha value is -1.12. The zero-order valence-electron chi connectivity index (χ0n) is 7.88.